The van der Waals surface area contributed by atoms with Crippen LogP contribution in [-0.4, -0.2) is 14.8 Å². The van der Waals surface area contributed by atoms with Gasteiger partial charge in [0.05, 0.1) is 11.0 Å². The van der Waals surface area contributed by atoms with Crippen LogP contribution in [0.1, 0.15) is 0 Å². The molecular weight excluding hydrogens is 204 g/mol. The van der Waals surface area contributed by atoms with E-state index in [2.05, 4.69) is 10.2 Å². The molecule has 0 saturated heterocycles. The summed E-state index contributed by atoms with van der Waals surface area (Å²) in [5.41, 5.74) is 7.13. The van der Waals surface area contributed by atoms with E-state index in [1.54, 1.807) is 11.6 Å². The molecule has 0 unspecified atom stereocenters. The molecule has 0 aliphatic heterocycles. The lowest BCUT2D eigenvalue weighted by Gasteiger charge is -2.05. The topological polar surface area (TPSA) is 76.7 Å². The molecule has 2 aromatic heterocycles. The van der Waals surface area contributed by atoms with Crippen LogP contribution in [0.2, 0.25) is 0 Å². The normalized spacial score (nSPS) is 11.3. The van der Waals surface area contributed by atoms with Crippen LogP contribution >= 0.6 is 0 Å². The van der Waals surface area contributed by atoms with E-state index in [9.17, 15) is 4.79 Å². The van der Waals surface area contributed by atoms with Crippen LogP contribution in [0, 0.1) is 0 Å². The Labute approximate surface area is 90.5 Å². The first kappa shape index (κ1) is 8.96. The summed E-state index contributed by atoms with van der Waals surface area (Å²) in [7, 11) is 1.73. The van der Waals surface area contributed by atoms with Gasteiger partial charge in [0.2, 0.25) is 0 Å². The summed E-state index contributed by atoms with van der Waals surface area (Å²) < 4.78 is 1.59. The standard InChI is InChI=1S/C11H10N4O/c1-15-7-5-3-2-4-6(7)9-8(11(15)16)10(12)14-13-9/h2-5H,1H3,(H3,12,13,14). The zero-order valence-electron chi connectivity index (χ0n) is 8.69. The quantitative estimate of drug-likeness (QED) is 0.586. The van der Waals surface area contributed by atoms with Gasteiger partial charge in [-0.05, 0) is 6.07 Å². The van der Waals surface area contributed by atoms with E-state index in [0.29, 0.717) is 10.9 Å². The monoisotopic (exact) mass is 214 g/mol. The maximum atomic E-state index is 12.0. The predicted molar refractivity (Wildman–Crippen MR) is 63.3 cm³/mol. The molecule has 16 heavy (non-hydrogen) atoms. The van der Waals surface area contributed by atoms with Crippen molar-refractivity contribution in [3.8, 4) is 0 Å². The summed E-state index contributed by atoms with van der Waals surface area (Å²) in [6.07, 6.45) is 0. The summed E-state index contributed by atoms with van der Waals surface area (Å²) in [4.78, 5) is 12.0. The van der Waals surface area contributed by atoms with E-state index in [1.807, 2.05) is 24.3 Å². The molecule has 0 amide bonds. The number of aryl methyl sites for hydroxylation is 1. The number of nitrogens with one attached hydrogen (secondary N) is 1. The van der Waals surface area contributed by atoms with Crippen molar-refractivity contribution in [1.29, 1.82) is 0 Å². The molecule has 80 valence electrons. The van der Waals surface area contributed by atoms with Gasteiger partial charge in [0, 0.05) is 12.4 Å². The lowest BCUT2D eigenvalue weighted by Crippen LogP contribution is -2.17. The molecule has 0 atom stereocenters. The summed E-state index contributed by atoms with van der Waals surface area (Å²) in [6.45, 7) is 0. The molecule has 3 N–H and O–H groups in total. The van der Waals surface area contributed by atoms with E-state index in [0.717, 1.165) is 10.9 Å². The number of nitrogen functional groups attached to an aromatic ring is 1. The lowest BCUT2D eigenvalue weighted by atomic mass is 10.1. The number of hydrogen-bond acceptors (Lipinski definition) is 3. The van der Waals surface area contributed by atoms with Crippen molar-refractivity contribution in [1.82, 2.24) is 14.8 Å². The first-order chi connectivity index (χ1) is 7.70. The van der Waals surface area contributed by atoms with E-state index >= 15 is 0 Å². The molecule has 2 heterocycles. The maximum absolute atomic E-state index is 12.0. The Bertz CT molecular complexity index is 754. The zero-order chi connectivity index (χ0) is 11.3. The number of H-pyrrole nitrogens is 1. The molecule has 0 spiro atoms. The maximum Gasteiger partial charge on any atom is 0.264 e. The van der Waals surface area contributed by atoms with Crippen molar-refractivity contribution in [2.75, 3.05) is 5.73 Å². The molecule has 3 rings (SSSR count). The lowest BCUT2D eigenvalue weighted by molar-refractivity contribution is 0.919. The average Bonchev–Trinajstić information content (AvgIpc) is 2.69. The fraction of sp³-hybridized carbons (Fsp3) is 0.0909. The second-order valence-corrected chi connectivity index (χ2v) is 3.74. The molecule has 0 aliphatic carbocycles. The second-order valence-electron chi connectivity index (χ2n) is 3.74. The number of rotatable bonds is 0. The minimum atomic E-state index is -0.125. The Kier molecular flexibility index (Phi) is 1.60. The van der Waals surface area contributed by atoms with Crippen LogP contribution in [0.3, 0.4) is 0 Å². The van der Waals surface area contributed by atoms with Crippen molar-refractivity contribution in [3.63, 3.8) is 0 Å². The molecule has 0 radical (unpaired) electrons. The fourth-order valence-electron chi connectivity index (χ4n) is 2.02. The number of anilines is 1. The highest BCUT2D eigenvalue weighted by Crippen LogP contribution is 2.22. The third-order valence-electron chi connectivity index (χ3n) is 2.85. The van der Waals surface area contributed by atoms with Crippen molar-refractivity contribution < 1.29 is 0 Å². The highest BCUT2D eigenvalue weighted by Gasteiger charge is 2.12. The van der Waals surface area contributed by atoms with Gasteiger partial charge in [-0.1, -0.05) is 18.2 Å². The smallest absolute Gasteiger partial charge is 0.264 e. The molecular formula is C11H10N4O. The van der Waals surface area contributed by atoms with Gasteiger partial charge < -0.3 is 10.3 Å². The molecule has 0 aliphatic rings. The zero-order valence-corrected chi connectivity index (χ0v) is 8.69. The van der Waals surface area contributed by atoms with Gasteiger partial charge in [-0.15, -0.1) is 0 Å². The summed E-state index contributed by atoms with van der Waals surface area (Å²) in [5, 5.41) is 8.11. The number of fused-ring (bicyclic) bond motifs is 3. The minimum Gasteiger partial charge on any atom is -0.382 e. The van der Waals surface area contributed by atoms with Gasteiger partial charge in [-0.3, -0.25) is 9.89 Å². The Hall–Kier alpha value is -2.30. The SMILES string of the molecule is Cn1c(=O)c2c(N)n[nH]c2c2ccccc21. The van der Waals surface area contributed by atoms with Crippen LogP contribution in [-0.2, 0) is 7.05 Å². The number of nitrogens with two attached hydrogens (primary N) is 1. The number of pyridine rings is 1. The number of hydrogen-bond donors (Lipinski definition) is 2. The molecule has 1 aromatic carbocycles. The first-order valence-electron chi connectivity index (χ1n) is 4.91. The summed E-state index contributed by atoms with van der Waals surface area (Å²) in [6, 6.07) is 7.65. The molecule has 5 heteroatoms. The van der Waals surface area contributed by atoms with Crippen molar-refractivity contribution >= 4 is 27.6 Å². The molecule has 0 saturated carbocycles. The first-order valence-corrected chi connectivity index (χ1v) is 4.91. The van der Waals surface area contributed by atoms with Crippen LogP contribution < -0.4 is 11.3 Å². The van der Waals surface area contributed by atoms with Gasteiger partial charge in [0.15, 0.2) is 5.82 Å². The van der Waals surface area contributed by atoms with Crippen molar-refractivity contribution in [2.24, 2.45) is 7.05 Å². The van der Waals surface area contributed by atoms with Crippen LogP contribution in [0.5, 0.6) is 0 Å². The predicted octanol–water partition coefficient (Wildman–Crippen LogP) is 0.997. The highest BCUT2D eigenvalue weighted by atomic mass is 16.1. The highest BCUT2D eigenvalue weighted by molar-refractivity contribution is 6.06. The number of nitrogens with zero attached hydrogens (tertiary/aromatic N) is 2. The molecule has 3 aromatic rings. The molecule has 5 nitrogen and oxygen atoms in total. The Morgan fingerprint density at radius 2 is 2.12 bits per heavy atom. The third-order valence-corrected chi connectivity index (χ3v) is 2.85. The summed E-state index contributed by atoms with van der Waals surface area (Å²) >= 11 is 0. The van der Waals surface area contributed by atoms with Gasteiger partial charge in [-0.25, -0.2) is 0 Å². The Balaban J connectivity index is 2.76. The van der Waals surface area contributed by atoms with Crippen LogP contribution in [0.25, 0.3) is 21.8 Å². The van der Waals surface area contributed by atoms with Gasteiger partial charge in [0.1, 0.15) is 5.39 Å². The van der Waals surface area contributed by atoms with E-state index < -0.39 is 0 Å². The number of benzene rings is 1. The van der Waals surface area contributed by atoms with Crippen molar-refractivity contribution in [2.45, 2.75) is 0 Å². The van der Waals surface area contributed by atoms with E-state index in [4.69, 9.17) is 5.73 Å². The average molecular weight is 214 g/mol. The fourth-order valence-corrected chi connectivity index (χ4v) is 2.02. The van der Waals surface area contributed by atoms with Gasteiger partial charge in [-0.2, -0.15) is 5.10 Å². The van der Waals surface area contributed by atoms with Gasteiger partial charge in [0.25, 0.3) is 5.56 Å². The third kappa shape index (κ3) is 0.942. The Morgan fingerprint density at radius 3 is 2.94 bits per heavy atom. The largest absolute Gasteiger partial charge is 0.382 e. The minimum absolute atomic E-state index is 0.125. The van der Waals surface area contributed by atoms with Crippen LogP contribution in [0.15, 0.2) is 29.1 Å². The van der Waals surface area contributed by atoms with E-state index in [1.165, 1.54) is 0 Å². The van der Waals surface area contributed by atoms with Crippen molar-refractivity contribution in [3.05, 3.63) is 34.6 Å². The number of para-hydroxylation sites is 1. The second kappa shape index (κ2) is 2.85. The number of aromatic amines is 1. The molecule has 0 fully saturated rings. The van der Waals surface area contributed by atoms with Gasteiger partial charge >= 0.3 is 0 Å². The summed E-state index contributed by atoms with van der Waals surface area (Å²) in [5.74, 6) is 0.251. The molecule has 0 bridgehead atoms. The number of aromatic nitrogens is 3. The van der Waals surface area contributed by atoms with E-state index in [-0.39, 0.29) is 11.4 Å². The van der Waals surface area contributed by atoms with Crippen LogP contribution in [0.4, 0.5) is 5.82 Å². The Morgan fingerprint density at radius 1 is 1.38 bits per heavy atom.